The number of hydrogen-bond donors (Lipinski definition) is 1. The zero-order valence-corrected chi connectivity index (χ0v) is 12.4. The van der Waals surface area contributed by atoms with Crippen LogP contribution in [0.4, 0.5) is 4.39 Å². The molecule has 1 aromatic carbocycles. The van der Waals surface area contributed by atoms with Gasteiger partial charge in [-0.15, -0.1) is 0 Å². The molecule has 1 fully saturated rings. The summed E-state index contributed by atoms with van der Waals surface area (Å²) in [5.74, 6) is -0.234. The van der Waals surface area contributed by atoms with Crippen LogP contribution in [0.1, 0.15) is 24.8 Å². The normalized spacial score (nSPS) is 21.1. The molecule has 0 bridgehead atoms. The minimum atomic E-state index is -3.58. The van der Waals surface area contributed by atoms with Crippen molar-refractivity contribution in [3.05, 3.63) is 29.6 Å². The molecule has 1 aliphatic heterocycles. The molecule has 1 atom stereocenters. The molecule has 1 aliphatic rings. The number of aliphatic hydroxyl groups excluding tert-OH is 1. The minimum Gasteiger partial charge on any atom is -0.396 e. The third-order valence-corrected chi connectivity index (χ3v) is 5.80. The second-order valence-corrected chi connectivity index (χ2v) is 7.20. The van der Waals surface area contributed by atoms with Crippen molar-refractivity contribution in [3.63, 3.8) is 0 Å². The fourth-order valence-electron chi connectivity index (χ4n) is 2.70. The number of aryl methyl sites for hydroxylation is 1. The highest BCUT2D eigenvalue weighted by atomic mass is 32.2. The Labute approximate surface area is 119 Å². The summed E-state index contributed by atoms with van der Waals surface area (Å²) in [5.41, 5.74) is 0.425. The Morgan fingerprint density at radius 1 is 1.45 bits per heavy atom. The molecule has 6 heteroatoms. The zero-order valence-electron chi connectivity index (χ0n) is 11.5. The molecule has 0 spiro atoms. The van der Waals surface area contributed by atoms with Gasteiger partial charge >= 0.3 is 0 Å². The summed E-state index contributed by atoms with van der Waals surface area (Å²) in [5, 5.41) is 8.99. The van der Waals surface area contributed by atoms with E-state index in [1.54, 1.807) is 6.92 Å². The first kappa shape index (κ1) is 15.4. The van der Waals surface area contributed by atoms with Gasteiger partial charge in [-0.05, 0) is 55.9 Å². The van der Waals surface area contributed by atoms with Gasteiger partial charge < -0.3 is 5.11 Å². The highest BCUT2D eigenvalue weighted by molar-refractivity contribution is 7.89. The lowest BCUT2D eigenvalue weighted by Gasteiger charge is -2.32. The van der Waals surface area contributed by atoms with Crippen molar-refractivity contribution in [1.82, 2.24) is 4.31 Å². The highest BCUT2D eigenvalue weighted by Gasteiger charge is 2.30. The van der Waals surface area contributed by atoms with Crippen LogP contribution in [0, 0.1) is 18.7 Å². The van der Waals surface area contributed by atoms with Gasteiger partial charge in [0, 0.05) is 19.7 Å². The molecule has 0 saturated carbocycles. The van der Waals surface area contributed by atoms with Crippen LogP contribution in [-0.4, -0.2) is 37.5 Å². The third kappa shape index (κ3) is 3.19. The molecule has 4 nitrogen and oxygen atoms in total. The Morgan fingerprint density at radius 3 is 2.85 bits per heavy atom. The topological polar surface area (TPSA) is 57.6 Å². The fraction of sp³-hybridized carbons (Fsp3) is 0.571. The standard InChI is InChI=1S/C14H20FNO3S/c1-11-9-13(15)4-5-14(11)20(18,19)16-7-2-3-12(10-16)6-8-17/h4-5,9,12,17H,2-3,6-8,10H2,1H3. The number of halogens is 1. The predicted octanol–water partition coefficient (Wildman–Crippen LogP) is 1.92. The summed E-state index contributed by atoms with van der Waals surface area (Å²) in [4.78, 5) is 0.170. The second-order valence-electron chi connectivity index (χ2n) is 5.29. The smallest absolute Gasteiger partial charge is 0.243 e. The van der Waals surface area contributed by atoms with Crippen molar-refractivity contribution in [3.8, 4) is 0 Å². The maximum absolute atomic E-state index is 13.1. The van der Waals surface area contributed by atoms with Gasteiger partial charge in [-0.25, -0.2) is 12.8 Å². The SMILES string of the molecule is Cc1cc(F)ccc1S(=O)(=O)N1CCCC(CCO)C1. The monoisotopic (exact) mass is 301 g/mol. The van der Waals surface area contributed by atoms with E-state index in [1.807, 2.05) is 0 Å². The van der Waals surface area contributed by atoms with Crippen LogP contribution in [0.5, 0.6) is 0 Å². The van der Waals surface area contributed by atoms with Crippen LogP contribution in [-0.2, 0) is 10.0 Å². The number of sulfonamides is 1. The summed E-state index contributed by atoms with van der Waals surface area (Å²) in [7, 11) is -3.58. The summed E-state index contributed by atoms with van der Waals surface area (Å²) in [6, 6.07) is 3.74. The van der Waals surface area contributed by atoms with Gasteiger partial charge in [0.1, 0.15) is 5.82 Å². The van der Waals surface area contributed by atoms with Gasteiger partial charge in [0.05, 0.1) is 4.90 Å². The highest BCUT2D eigenvalue weighted by Crippen LogP contribution is 2.27. The molecule has 2 rings (SSSR count). The first-order chi connectivity index (χ1) is 9.45. The number of hydrogen-bond acceptors (Lipinski definition) is 3. The molecule has 0 radical (unpaired) electrons. The van der Waals surface area contributed by atoms with Crippen LogP contribution >= 0.6 is 0 Å². The summed E-state index contributed by atoms with van der Waals surface area (Å²) in [6.07, 6.45) is 2.35. The van der Waals surface area contributed by atoms with Crippen LogP contribution in [0.2, 0.25) is 0 Å². The van der Waals surface area contributed by atoms with E-state index >= 15 is 0 Å². The number of nitrogens with zero attached hydrogens (tertiary/aromatic N) is 1. The first-order valence-corrected chi connectivity index (χ1v) is 8.26. The predicted molar refractivity (Wildman–Crippen MR) is 74.3 cm³/mol. The van der Waals surface area contributed by atoms with E-state index in [0.717, 1.165) is 12.8 Å². The van der Waals surface area contributed by atoms with Gasteiger partial charge in [-0.3, -0.25) is 0 Å². The van der Waals surface area contributed by atoms with E-state index in [4.69, 9.17) is 5.11 Å². The lowest BCUT2D eigenvalue weighted by Crippen LogP contribution is -2.40. The Balaban J connectivity index is 2.25. The summed E-state index contributed by atoms with van der Waals surface area (Å²) in [6.45, 7) is 2.60. The van der Waals surface area contributed by atoms with Gasteiger partial charge in [-0.2, -0.15) is 4.31 Å². The summed E-state index contributed by atoms with van der Waals surface area (Å²) < 4.78 is 39.8. The molecule has 0 amide bonds. The maximum Gasteiger partial charge on any atom is 0.243 e. The second kappa shape index (κ2) is 6.20. The van der Waals surface area contributed by atoms with Crippen molar-refractivity contribution in [2.24, 2.45) is 5.92 Å². The van der Waals surface area contributed by atoms with E-state index in [0.29, 0.717) is 25.1 Å². The number of rotatable bonds is 4. The van der Waals surface area contributed by atoms with E-state index in [2.05, 4.69) is 0 Å². The van der Waals surface area contributed by atoms with Gasteiger partial charge in [-0.1, -0.05) is 0 Å². The molecule has 112 valence electrons. The van der Waals surface area contributed by atoms with Crippen LogP contribution in [0.15, 0.2) is 23.1 Å². The average molecular weight is 301 g/mol. The molecular weight excluding hydrogens is 281 g/mol. The molecule has 1 saturated heterocycles. The average Bonchev–Trinajstić information content (AvgIpc) is 2.39. The zero-order chi connectivity index (χ0) is 14.8. The van der Waals surface area contributed by atoms with Crippen LogP contribution in [0.25, 0.3) is 0 Å². The fourth-order valence-corrected chi connectivity index (χ4v) is 4.47. The first-order valence-electron chi connectivity index (χ1n) is 6.82. The molecule has 0 aliphatic carbocycles. The third-order valence-electron chi connectivity index (χ3n) is 3.77. The molecule has 1 unspecified atom stereocenters. The van der Waals surface area contributed by atoms with E-state index in [-0.39, 0.29) is 17.4 Å². The Bertz CT molecular complexity index is 572. The number of aliphatic hydroxyl groups is 1. The lowest BCUT2D eigenvalue weighted by atomic mass is 9.97. The van der Waals surface area contributed by atoms with E-state index in [9.17, 15) is 12.8 Å². The maximum atomic E-state index is 13.1. The molecule has 1 heterocycles. The van der Waals surface area contributed by atoms with Gasteiger partial charge in [0.15, 0.2) is 0 Å². The number of piperidine rings is 1. The quantitative estimate of drug-likeness (QED) is 0.924. The molecule has 20 heavy (non-hydrogen) atoms. The molecule has 1 aromatic rings. The van der Waals surface area contributed by atoms with Gasteiger partial charge in [0.2, 0.25) is 10.0 Å². The van der Waals surface area contributed by atoms with Gasteiger partial charge in [0.25, 0.3) is 0 Å². The van der Waals surface area contributed by atoms with Crippen LogP contribution in [0.3, 0.4) is 0 Å². The largest absolute Gasteiger partial charge is 0.396 e. The van der Waals surface area contributed by atoms with E-state index in [1.165, 1.54) is 22.5 Å². The van der Waals surface area contributed by atoms with Crippen molar-refractivity contribution in [2.75, 3.05) is 19.7 Å². The Kier molecular flexibility index (Phi) is 4.78. The molecule has 1 N–H and O–H groups in total. The molecule has 0 aromatic heterocycles. The molecular formula is C14H20FNO3S. The lowest BCUT2D eigenvalue weighted by molar-refractivity contribution is 0.203. The van der Waals surface area contributed by atoms with Crippen molar-refractivity contribution in [1.29, 1.82) is 0 Å². The van der Waals surface area contributed by atoms with Crippen molar-refractivity contribution in [2.45, 2.75) is 31.1 Å². The van der Waals surface area contributed by atoms with Crippen LogP contribution < -0.4 is 0 Å². The number of benzene rings is 1. The summed E-state index contributed by atoms with van der Waals surface area (Å²) >= 11 is 0. The Hall–Kier alpha value is -0.980. The van der Waals surface area contributed by atoms with Crippen molar-refractivity contribution < 1.29 is 17.9 Å². The van der Waals surface area contributed by atoms with Crippen molar-refractivity contribution >= 4 is 10.0 Å². The minimum absolute atomic E-state index is 0.0775. The Morgan fingerprint density at radius 2 is 2.20 bits per heavy atom. The van der Waals surface area contributed by atoms with E-state index < -0.39 is 15.8 Å².